The van der Waals surface area contributed by atoms with Crippen LogP contribution < -0.4 is 5.73 Å². The van der Waals surface area contributed by atoms with Crippen LogP contribution in [0.3, 0.4) is 0 Å². The third-order valence-corrected chi connectivity index (χ3v) is 2.07. The van der Waals surface area contributed by atoms with E-state index in [1.54, 1.807) is 11.4 Å². The molecule has 0 aliphatic heterocycles. The molecule has 1 rings (SSSR count). The number of hydrogen-bond acceptors (Lipinski definition) is 3. The lowest BCUT2D eigenvalue weighted by molar-refractivity contribution is -0.400. The second-order valence-electron chi connectivity index (χ2n) is 1.76. The SMILES string of the molecule is [NH3+]Cc1ccsc1[N+](=O)[O-]. The first-order valence-corrected chi connectivity index (χ1v) is 3.63. The van der Waals surface area contributed by atoms with Crippen LogP contribution in [-0.2, 0) is 6.54 Å². The summed E-state index contributed by atoms with van der Waals surface area (Å²) in [5.41, 5.74) is 4.29. The van der Waals surface area contributed by atoms with Gasteiger partial charge in [-0.1, -0.05) is 11.3 Å². The molecule has 0 radical (unpaired) electrons. The molecule has 1 aromatic heterocycles. The molecule has 0 unspecified atom stereocenters. The predicted molar refractivity (Wildman–Crippen MR) is 37.6 cm³/mol. The normalized spacial score (nSPS) is 9.70. The van der Waals surface area contributed by atoms with Crippen LogP contribution in [0.25, 0.3) is 0 Å². The molecule has 4 nitrogen and oxygen atoms in total. The third-order valence-electron chi connectivity index (χ3n) is 1.16. The highest BCUT2D eigenvalue weighted by molar-refractivity contribution is 7.13. The Morgan fingerprint density at radius 3 is 2.90 bits per heavy atom. The minimum Gasteiger partial charge on any atom is -0.354 e. The molecule has 0 aromatic carbocycles. The molecule has 0 spiro atoms. The van der Waals surface area contributed by atoms with Crippen molar-refractivity contribution in [1.29, 1.82) is 0 Å². The van der Waals surface area contributed by atoms with E-state index in [1.165, 1.54) is 0 Å². The van der Waals surface area contributed by atoms with Gasteiger partial charge in [0.2, 0.25) is 0 Å². The Bertz CT molecular complexity index is 246. The van der Waals surface area contributed by atoms with Crippen molar-refractivity contribution >= 4 is 16.3 Å². The van der Waals surface area contributed by atoms with Gasteiger partial charge in [-0.25, -0.2) is 0 Å². The molecule has 0 atom stereocenters. The summed E-state index contributed by atoms with van der Waals surface area (Å²) in [6.45, 7) is 0.486. The molecule has 0 saturated carbocycles. The highest BCUT2D eigenvalue weighted by Gasteiger charge is 2.14. The van der Waals surface area contributed by atoms with Crippen LogP contribution in [0.1, 0.15) is 5.56 Å². The molecular weight excluding hydrogens is 152 g/mol. The van der Waals surface area contributed by atoms with Gasteiger partial charge >= 0.3 is 5.00 Å². The molecule has 54 valence electrons. The van der Waals surface area contributed by atoms with E-state index in [0.717, 1.165) is 16.9 Å². The fourth-order valence-electron chi connectivity index (χ4n) is 0.678. The third kappa shape index (κ3) is 1.14. The molecule has 1 aromatic rings. The zero-order valence-corrected chi connectivity index (χ0v) is 6.06. The van der Waals surface area contributed by atoms with Crippen LogP contribution in [0.5, 0.6) is 0 Å². The van der Waals surface area contributed by atoms with Crippen molar-refractivity contribution in [1.82, 2.24) is 0 Å². The molecule has 1 heterocycles. The van der Waals surface area contributed by atoms with E-state index in [1.807, 2.05) is 0 Å². The van der Waals surface area contributed by atoms with Crippen LogP contribution in [0.15, 0.2) is 11.4 Å². The van der Waals surface area contributed by atoms with E-state index < -0.39 is 0 Å². The van der Waals surface area contributed by atoms with E-state index in [4.69, 9.17) is 0 Å². The Morgan fingerprint density at radius 2 is 2.50 bits per heavy atom. The van der Waals surface area contributed by atoms with Gasteiger partial charge in [-0.05, 0) is 11.4 Å². The van der Waals surface area contributed by atoms with Gasteiger partial charge in [0.05, 0.1) is 10.5 Å². The van der Waals surface area contributed by atoms with Gasteiger partial charge in [0.1, 0.15) is 6.54 Å². The second-order valence-corrected chi connectivity index (χ2v) is 2.65. The fraction of sp³-hybridized carbons (Fsp3) is 0.200. The zero-order valence-electron chi connectivity index (χ0n) is 5.24. The van der Waals surface area contributed by atoms with Crippen LogP contribution in [-0.4, -0.2) is 4.92 Å². The number of nitrogens with zero attached hydrogens (tertiary/aromatic N) is 1. The highest BCUT2D eigenvalue weighted by atomic mass is 32.1. The van der Waals surface area contributed by atoms with Crippen LogP contribution in [0.4, 0.5) is 5.00 Å². The quantitative estimate of drug-likeness (QED) is 0.501. The van der Waals surface area contributed by atoms with E-state index in [-0.39, 0.29) is 9.92 Å². The molecule has 3 N–H and O–H groups in total. The first-order valence-electron chi connectivity index (χ1n) is 2.75. The van der Waals surface area contributed by atoms with E-state index in [0.29, 0.717) is 6.54 Å². The lowest BCUT2D eigenvalue weighted by Gasteiger charge is -1.86. The minimum absolute atomic E-state index is 0.218. The molecular formula is C5H7N2O2S+. The van der Waals surface area contributed by atoms with Crippen LogP contribution in [0, 0.1) is 10.1 Å². The standard InChI is InChI=1S/C5H6N2O2S/c6-3-4-1-2-10-5(4)7(8)9/h1-2H,3,6H2/p+1. The van der Waals surface area contributed by atoms with Gasteiger partial charge < -0.3 is 5.73 Å². The van der Waals surface area contributed by atoms with Crippen molar-refractivity contribution in [3.63, 3.8) is 0 Å². The number of thiophene rings is 1. The molecule has 0 amide bonds. The molecule has 0 aliphatic rings. The Hall–Kier alpha value is -0.940. The summed E-state index contributed by atoms with van der Waals surface area (Å²) in [5.74, 6) is 0. The maximum Gasteiger partial charge on any atom is 0.332 e. The Kier molecular flexibility index (Phi) is 1.98. The first-order chi connectivity index (χ1) is 4.75. The highest BCUT2D eigenvalue weighted by Crippen LogP contribution is 2.24. The Labute approximate surface area is 61.4 Å². The van der Waals surface area contributed by atoms with Crippen LogP contribution >= 0.6 is 11.3 Å². The topological polar surface area (TPSA) is 70.8 Å². The van der Waals surface area contributed by atoms with E-state index in [2.05, 4.69) is 5.73 Å². The average Bonchev–Trinajstić information content (AvgIpc) is 2.33. The summed E-state index contributed by atoms with van der Waals surface area (Å²) in [6, 6.07) is 1.73. The van der Waals surface area contributed by atoms with Crippen molar-refractivity contribution in [2.75, 3.05) is 0 Å². The number of hydrogen-bond donors (Lipinski definition) is 1. The van der Waals surface area contributed by atoms with Crippen molar-refractivity contribution in [3.05, 3.63) is 27.1 Å². The minimum atomic E-state index is -0.370. The van der Waals surface area contributed by atoms with Gasteiger partial charge in [-0.3, -0.25) is 10.1 Å². The maximum absolute atomic E-state index is 10.2. The Morgan fingerprint density at radius 1 is 1.80 bits per heavy atom. The van der Waals surface area contributed by atoms with Crippen molar-refractivity contribution in [3.8, 4) is 0 Å². The molecule has 0 fully saturated rings. The lowest BCUT2D eigenvalue weighted by atomic mass is 10.3. The molecule has 5 heteroatoms. The van der Waals surface area contributed by atoms with Gasteiger partial charge in [0.15, 0.2) is 0 Å². The predicted octanol–water partition coefficient (Wildman–Crippen LogP) is 0.398. The maximum atomic E-state index is 10.2. The summed E-state index contributed by atoms with van der Waals surface area (Å²) in [5, 5.41) is 12.2. The monoisotopic (exact) mass is 159 g/mol. The fourth-order valence-corrected chi connectivity index (χ4v) is 1.45. The van der Waals surface area contributed by atoms with Gasteiger partial charge in [0.25, 0.3) is 0 Å². The van der Waals surface area contributed by atoms with Crippen LogP contribution in [0.2, 0.25) is 0 Å². The number of rotatable bonds is 2. The largest absolute Gasteiger partial charge is 0.354 e. The lowest BCUT2D eigenvalue weighted by Crippen LogP contribution is -2.47. The van der Waals surface area contributed by atoms with Gasteiger partial charge in [0, 0.05) is 0 Å². The Balaban J connectivity index is 3.01. The molecule has 0 saturated heterocycles. The summed E-state index contributed by atoms with van der Waals surface area (Å²) >= 11 is 1.14. The number of nitro groups is 1. The van der Waals surface area contributed by atoms with E-state index >= 15 is 0 Å². The van der Waals surface area contributed by atoms with Crippen molar-refractivity contribution in [2.45, 2.75) is 6.54 Å². The summed E-state index contributed by atoms with van der Waals surface area (Å²) in [4.78, 5) is 9.86. The summed E-state index contributed by atoms with van der Waals surface area (Å²) in [6.07, 6.45) is 0. The zero-order chi connectivity index (χ0) is 7.56. The summed E-state index contributed by atoms with van der Waals surface area (Å²) in [7, 11) is 0. The van der Waals surface area contributed by atoms with Gasteiger partial charge in [-0.2, -0.15) is 0 Å². The average molecular weight is 159 g/mol. The van der Waals surface area contributed by atoms with Crippen molar-refractivity contribution < 1.29 is 10.7 Å². The number of quaternary nitrogens is 1. The molecule has 0 aliphatic carbocycles. The first kappa shape index (κ1) is 7.17. The molecule has 10 heavy (non-hydrogen) atoms. The van der Waals surface area contributed by atoms with Gasteiger partial charge in [-0.15, -0.1) is 0 Å². The van der Waals surface area contributed by atoms with E-state index in [9.17, 15) is 10.1 Å². The second kappa shape index (κ2) is 2.76. The smallest absolute Gasteiger partial charge is 0.332 e. The molecule has 0 bridgehead atoms. The van der Waals surface area contributed by atoms with Crippen molar-refractivity contribution in [2.24, 2.45) is 0 Å². The summed E-state index contributed by atoms with van der Waals surface area (Å²) < 4.78 is 0.